The molecular weight excluding hydrogens is 221 g/mol. The molecule has 0 radical (unpaired) electrons. The highest BCUT2D eigenvalue weighted by Crippen LogP contribution is 2.30. The third kappa shape index (κ3) is 2.96. The molecule has 1 saturated carbocycles. The van der Waals surface area contributed by atoms with Crippen molar-refractivity contribution in [3.8, 4) is 5.75 Å². The average Bonchev–Trinajstić information content (AvgIpc) is 2.29. The molecule has 0 amide bonds. The second-order valence-corrected chi connectivity index (χ2v) is 4.46. The number of benzene rings is 1. The van der Waals surface area contributed by atoms with Crippen LogP contribution in [0, 0.1) is 11.7 Å². The van der Waals surface area contributed by atoms with Crippen LogP contribution in [0.15, 0.2) is 18.2 Å². The van der Waals surface area contributed by atoms with E-state index in [1.165, 1.54) is 13.2 Å². The van der Waals surface area contributed by atoms with E-state index in [0.29, 0.717) is 23.8 Å². The summed E-state index contributed by atoms with van der Waals surface area (Å²) in [5, 5.41) is 0. The smallest absolute Gasteiger partial charge is 0.132 e. The molecule has 1 aliphatic carbocycles. The van der Waals surface area contributed by atoms with Crippen LogP contribution in [0.2, 0.25) is 0 Å². The Labute approximate surface area is 101 Å². The molecule has 0 saturated heterocycles. The van der Waals surface area contributed by atoms with Gasteiger partial charge in [0.2, 0.25) is 0 Å². The zero-order valence-electron chi connectivity index (χ0n) is 9.99. The van der Waals surface area contributed by atoms with Gasteiger partial charge in [0.25, 0.3) is 0 Å². The minimum Gasteiger partial charge on any atom is -0.497 e. The van der Waals surface area contributed by atoms with Crippen molar-refractivity contribution in [2.24, 2.45) is 11.7 Å². The number of halogens is 1. The molecule has 1 aromatic rings. The Hall–Kier alpha value is -1.13. The van der Waals surface area contributed by atoms with E-state index in [-0.39, 0.29) is 11.9 Å². The fraction of sp³-hybridized carbons (Fsp3) is 0.538. The fourth-order valence-electron chi connectivity index (χ4n) is 1.98. The van der Waals surface area contributed by atoms with Crippen molar-refractivity contribution in [1.29, 1.82) is 0 Å². The van der Waals surface area contributed by atoms with Gasteiger partial charge >= 0.3 is 0 Å². The van der Waals surface area contributed by atoms with E-state index in [1.807, 2.05) is 0 Å². The Bertz CT molecular complexity index is 378. The van der Waals surface area contributed by atoms with Gasteiger partial charge in [-0.05, 0) is 31.4 Å². The van der Waals surface area contributed by atoms with Gasteiger partial charge in [-0.1, -0.05) is 6.07 Å². The van der Waals surface area contributed by atoms with Gasteiger partial charge in [-0.25, -0.2) is 4.39 Å². The first kappa shape index (κ1) is 12.3. The van der Waals surface area contributed by atoms with Crippen molar-refractivity contribution >= 4 is 0 Å². The van der Waals surface area contributed by atoms with Crippen LogP contribution in [0.25, 0.3) is 0 Å². The second kappa shape index (κ2) is 5.47. The minimum atomic E-state index is -0.279. The Morgan fingerprint density at radius 1 is 1.41 bits per heavy atom. The van der Waals surface area contributed by atoms with Gasteiger partial charge in [0.05, 0.1) is 19.8 Å². The molecule has 0 unspecified atom stereocenters. The van der Waals surface area contributed by atoms with Crippen LogP contribution >= 0.6 is 0 Å². The standard InChI is InChI=1S/C13H18FNO2/c1-16-11-3-2-10(13(14)6-11)8-17-12-4-9(5-12)7-15/h2-3,6,9,12H,4-5,7-8,15H2,1H3. The Morgan fingerprint density at radius 3 is 2.76 bits per heavy atom. The van der Waals surface area contributed by atoms with E-state index in [4.69, 9.17) is 15.2 Å². The molecule has 3 nitrogen and oxygen atoms in total. The quantitative estimate of drug-likeness (QED) is 0.855. The van der Waals surface area contributed by atoms with Gasteiger partial charge < -0.3 is 15.2 Å². The number of hydrogen-bond donors (Lipinski definition) is 1. The highest BCUT2D eigenvalue weighted by molar-refractivity contribution is 5.28. The maximum absolute atomic E-state index is 13.6. The average molecular weight is 239 g/mol. The van der Waals surface area contributed by atoms with Gasteiger partial charge in [-0.3, -0.25) is 0 Å². The number of rotatable bonds is 5. The van der Waals surface area contributed by atoms with E-state index >= 15 is 0 Å². The lowest BCUT2D eigenvalue weighted by Gasteiger charge is -2.34. The van der Waals surface area contributed by atoms with E-state index in [1.54, 1.807) is 12.1 Å². The summed E-state index contributed by atoms with van der Waals surface area (Å²) >= 11 is 0. The molecule has 1 aromatic carbocycles. The lowest BCUT2D eigenvalue weighted by Crippen LogP contribution is -2.35. The van der Waals surface area contributed by atoms with E-state index in [2.05, 4.69) is 0 Å². The summed E-state index contributed by atoms with van der Waals surface area (Å²) < 4.78 is 24.1. The normalized spacial score (nSPS) is 23.2. The first-order chi connectivity index (χ1) is 8.22. The first-order valence-electron chi connectivity index (χ1n) is 5.87. The molecule has 1 aliphatic rings. The zero-order chi connectivity index (χ0) is 12.3. The van der Waals surface area contributed by atoms with Crippen LogP contribution in [-0.4, -0.2) is 19.8 Å². The van der Waals surface area contributed by atoms with E-state index < -0.39 is 0 Å². The molecule has 2 rings (SSSR count). The molecule has 0 atom stereocenters. The number of hydrogen-bond acceptors (Lipinski definition) is 3. The van der Waals surface area contributed by atoms with Crippen LogP contribution in [0.3, 0.4) is 0 Å². The number of nitrogens with two attached hydrogens (primary N) is 1. The number of ether oxygens (including phenoxy) is 2. The lowest BCUT2D eigenvalue weighted by atomic mass is 9.82. The summed E-state index contributed by atoms with van der Waals surface area (Å²) in [6.45, 7) is 1.04. The summed E-state index contributed by atoms with van der Waals surface area (Å²) in [5.74, 6) is 0.831. The SMILES string of the molecule is COc1ccc(COC2CC(CN)C2)c(F)c1. The van der Waals surface area contributed by atoms with Gasteiger partial charge in [-0.2, -0.15) is 0 Å². The Morgan fingerprint density at radius 2 is 2.18 bits per heavy atom. The lowest BCUT2D eigenvalue weighted by molar-refractivity contribution is -0.0384. The third-order valence-corrected chi connectivity index (χ3v) is 3.26. The predicted molar refractivity (Wildman–Crippen MR) is 63.3 cm³/mol. The summed E-state index contributed by atoms with van der Waals surface area (Å²) in [6.07, 6.45) is 2.23. The van der Waals surface area contributed by atoms with Crippen molar-refractivity contribution < 1.29 is 13.9 Å². The van der Waals surface area contributed by atoms with Crippen molar-refractivity contribution in [1.82, 2.24) is 0 Å². The molecule has 17 heavy (non-hydrogen) atoms. The van der Waals surface area contributed by atoms with Crippen LogP contribution in [0.5, 0.6) is 5.75 Å². The predicted octanol–water partition coefficient (Wildman–Crippen LogP) is 2.09. The molecule has 0 spiro atoms. The molecule has 0 aliphatic heterocycles. The maximum atomic E-state index is 13.6. The molecule has 94 valence electrons. The molecule has 1 fully saturated rings. The second-order valence-electron chi connectivity index (χ2n) is 4.46. The molecular formula is C13H18FNO2. The maximum Gasteiger partial charge on any atom is 0.132 e. The topological polar surface area (TPSA) is 44.5 Å². The zero-order valence-corrected chi connectivity index (χ0v) is 9.99. The summed E-state index contributed by atoms with van der Waals surface area (Å²) in [4.78, 5) is 0. The van der Waals surface area contributed by atoms with Crippen LogP contribution in [-0.2, 0) is 11.3 Å². The van der Waals surface area contributed by atoms with Crippen LogP contribution < -0.4 is 10.5 Å². The van der Waals surface area contributed by atoms with Crippen molar-refractivity contribution in [2.45, 2.75) is 25.6 Å². The number of methoxy groups -OCH3 is 1. The Balaban J connectivity index is 1.83. The highest BCUT2D eigenvalue weighted by Gasteiger charge is 2.28. The monoisotopic (exact) mass is 239 g/mol. The molecule has 2 N–H and O–H groups in total. The van der Waals surface area contributed by atoms with Gasteiger partial charge in [0.15, 0.2) is 0 Å². The van der Waals surface area contributed by atoms with Crippen molar-refractivity contribution in [3.63, 3.8) is 0 Å². The third-order valence-electron chi connectivity index (χ3n) is 3.26. The van der Waals surface area contributed by atoms with Gasteiger partial charge in [0.1, 0.15) is 11.6 Å². The molecule has 4 heteroatoms. The van der Waals surface area contributed by atoms with E-state index in [0.717, 1.165) is 19.4 Å². The highest BCUT2D eigenvalue weighted by atomic mass is 19.1. The minimum absolute atomic E-state index is 0.241. The van der Waals surface area contributed by atoms with Crippen LogP contribution in [0.4, 0.5) is 4.39 Å². The summed E-state index contributed by atoms with van der Waals surface area (Å²) in [7, 11) is 1.52. The Kier molecular flexibility index (Phi) is 3.97. The molecule has 0 bridgehead atoms. The summed E-state index contributed by atoms with van der Waals surface area (Å²) in [5.41, 5.74) is 6.10. The van der Waals surface area contributed by atoms with Crippen LogP contribution in [0.1, 0.15) is 18.4 Å². The summed E-state index contributed by atoms with van der Waals surface area (Å²) in [6, 6.07) is 4.82. The van der Waals surface area contributed by atoms with Crippen molar-refractivity contribution in [2.75, 3.05) is 13.7 Å². The fourth-order valence-corrected chi connectivity index (χ4v) is 1.98. The first-order valence-corrected chi connectivity index (χ1v) is 5.87. The largest absolute Gasteiger partial charge is 0.497 e. The molecule has 0 heterocycles. The van der Waals surface area contributed by atoms with Crippen molar-refractivity contribution in [3.05, 3.63) is 29.6 Å². The molecule has 0 aromatic heterocycles. The van der Waals surface area contributed by atoms with Gasteiger partial charge in [0, 0.05) is 11.6 Å². The van der Waals surface area contributed by atoms with Gasteiger partial charge in [-0.15, -0.1) is 0 Å². The van der Waals surface area contributed by atoms with E-state index in [9.17, 15) is 4.39 Å².